The van der Waals surface area contributed by atoms with Crippen LogP contribution in [0.4, 0.5) is 0 Å². The lowest BCUT2D eigenvalue weighted by atomic mass is 10.0. The number of carboxylic acid groups (broad SMARTS) is 1. The molecule has 0 bridgehead atoms. The summed E-state index contributed by atoms with van der Waals surface area (Å²) in [6.45, 7) is 4.60. The van der Waals surface area contributed by atoms with E-state index in [1.54, 1.807) is 11.9 Å². The van der Waals surface area contributed by atoms with E-state index in [2.05, 4.69) is 4.99 Å². The van der Waals surface area contributed by atoms with Crippen LogP contribution in [-0.4, -0.2) is 65.2 Å². The zero-order valence-corrected chi connectivity index (χ0v) is 10.8. The molecule has 1 fully saturated rings. The second kappa shape index (κ2) is 4.53. The van der Waals surface area contributed by atoms with Crippen LogP contribution in [0.2, 0.25) is 0 Å². The average Bonchev–Trinajstić information content (AvgIpc) is 2.32. The monoisotopic (exact) mass is 251 g/mol. The Bertz CT molecular complexity index is 455. The number of carboxylic acids is 1. The Balaban J connectivity index is 2.35. The summed E-state index contributed by atoms with van der Waals surface area (Å²) in [4.78, 5) is 30.1. The van der Waals surface area contributed by atoms with Crippen molar-refractivity contribution < 1.29 is 14.7 Å². The Labute approximate surface area is 106 Å². The number of carbonyl (C=O) groups excluding carboxylic acids is 1. The van der Waals surface area contributed by atoms with Crippen molar-refractivity contribution in [1.29, 1.82) is 0 Å². The third-order valence-electron chi connectivity index (χ3n) is 3.64. The number of amidine groups is 1. The lowest BCUT2D eigenvalue weighted by Crippen LogP contribution is -2.56. The van der Waals surface area contributed by atoms with Gasteiger partial charge in [0.1, 0.15) is 24.2 Å². The highest BCUT2D eigenvalue weighted by atomic mass is 16.4. The molecule has 6 heteroatoms. The highest BCUT2D eigenvalue weighted by molar-refractivity contribution is 5.87. The van der Waals surface area contributed by atoms with E-state index in [0.29, 0.717) is 18.9 Å². The number of hydrogen-bond donors (Lipinski definition) is 1. The van der Waals surface area contributed by atoms with Crippen LogP contribution in [0, 0.1) is 0 Å². The number of nitrogens with zero attached hydrogens (tertiary/aromatic N) is 3. The normalized spacial score (nSPS) is 28.8. The Morgan fingerprint density at radius 1 is 1.50 bits per heavy atom. The van der Waals surface area contributed by atoms with Gasteiger partial charge in [-0.2, -0.15) is 0 Å². The second-order valence-corrected chi connectivity index (χ2v) is 4.77. The van der Waals surface area contributed by atoms with Crippen molar-refractivity contribution >= 4 is 18.1 Å². The Hall–Kier alpha value is -1.69. The van der Waals surface area contributed by atoms with E-state index in [4.69, 9.17) is 5.11 Å². The van der Waals surface area contributed by atoms with Crippen molar-refractivity contribution in [2.45, 2.75) is 25.9 Å². The number of carbonyl (C=O) groups is 2. The molecule has 0 aromatic heterocycles. The van der Waals surface area contributed by atoms with E-state index >= 15 is 0 Å². The van der Waals surface area contributed by atoms with Crippen LogP contribution < -0.4 is 0 Å². The van der Waals surface area contributed by atoms with Crippen molar-refractivity contribution in [3.8, 4) is 0 Å². The fourth-order valence-electron chi connectivity index (χ4n) is 2.46. The fourth-order valence-corrected chi connectivity index (χ4v) is 2.46. The maximum absolute atomic E-state index is 11.2. The number of aldehydes is 1. The van der Waals surface area contributed by atoms with Crippen molar-refractivity contribution in [2.24, 2.45) is 4.99 Å². The van der Waals surface area contributed by atoms with Gasteiger partial charge in [-0.15, -0.1) is 0 Å². The molecule has 0 aliphatic carbocycles. The van der Waals surface area contributed by atoms with Gasteiger partial charge in [-0.05, 0) is 26.5 Å². The third-order valence-corrected chi connectivity index (χ3v) is 3.64. The van der Waals surface area contributed by atoms with Crippen LogP contribution in [0.5, 0.6) is 0 Å². The predicted molar refractivity (Wildman–Crippen MR) is 66.4 cm³/mol. The molecule has 0 spiro atoms. The van der Waals surface area contributed by atoms with Crippen molar-refractivity contribution in [3.05, 3.63) is 11.3 Å². The maximum Gasteiger partial charge on any atom is 0.322 e. The number of piperazine rings is 1. The molecule has 0 radical (unpaired) electrons. The van der Waals surface area contributed by atoms with Gasteiger partial charge in [-0.1, -0.05) is 0 Å². The Kier molecular flexibility index (Phi) is 3.21. The van der Waals surface area contributed by atoms with Gasteiger partial charge in [0.2, 0.25) is 0 Å². The molecule has 0 aromatic carbocycles. The van der Waals surface area contributed by atoms with Gasteiger partial charge in [0, 0.05) is 12.2 Å². The molecule has 2 atom stereocenters. The molecule has 0 amide bonds. The molecule has 6 nitrogen and oxygen atoms in total. The van der Waals surface area contributed by atoms with Gasteiger partial charge in [-0.25, -0.2) is 0 Å². The molecule has 0 aromatic rings. The summed E-state index contributed by atoms with van der Waals surface area (Å²) in [5.74, 6) is -0.119. The summed E-state index contributed by atoms with van der Waals surface area (Å²) in [6, 6.07) is -0.967. The largest absolute Gasteiger partial charge is 0.480 e. The van der Waals surface area contributed by atoms with Gasteiger partial charge in [-0.3, -0.25) is 14.7 Å². The van der Waals surface area contributed by atoms with E-state index in [1.165, 1.54) is 0 Å². The minimum Gasteiger partial charge on any atom is -0.480 e. The van der Waals surface area contributed by atoms with E-state index in [9.17, 15) is 9.59 Å². The van der Waals surface area contributed by atoms with Crippen LogP contribution in [0.3, 0.4) is 0 Å². The molecule has 2 rings (SSSR count). The number of fused-ring (bicyclic) bond motifs is 1. The molecule has 0 saturated carbocycles. The van der Waals surface area contributed by atoms with Crippen LogP contribution >= 0.6 is 0 Å². The van der Waals surface area contributed by atoms with Gasteiger partial charge < -0.3 is 14.8 Å². The molecule has 2 heterocycles. The van der Waals surface area contributed by atoms with Gasteiger partial charge in [0.25, 0.3) is 0 Å². The molecular formula is C12H17N3O3. The molecule has 1 N–H and O–H groups in total. The maximum atomic E-state index is 11.2. The quantitative estimate of drug-likeness (QED) is 0.697. The smallest absolute Gasteiger partial charge is 0.322 e. The minimum atomic E-state index is -0.834. The van der Waals surface area contributed by atoms with Crippen molar-refractivity contribution in [3.63, 3.8) is 0 Å². The molecule has 1 unspecified atom stereocenters. The molecule has 1 saturated heterocycles. The lowest BCUT2D eigenvalue weighted by molar-refractivity contribution is -0.143. The number of aliphatic imine (C=N–C) groups is 1. The van der Waals surface area contributed by atoms with Crippen LogP contribution in [0.25, 0.3) is 0 Å². The summed E-state index contributed by atoms with van der Waals surface area (Å²) in [7, 11) is 1.79. The first-order valence-corrected chi connectivity index (χ1v) is 5.85. The Morgan fingerprint density at radius 2 is 2.17 bits per heavy atom. The summed E-state index contributed by atoms with van der Waals surface area (Å²) in [5, 5.41) is 9.17. The number of rotatable bonds is 2. The van der Waals surface area contributed by atoms with Gasteiger partial charge >= 0.3 is 5.97 Å². The first-order chi connectivity index (χ1) is 8.45. The molecule has 98 valence electrons. The fraction of sp³-hybridized carbons (Fsp3) is 0.583. The molecular weight excluding hydrogens is 234 g/mol. The lowest BCUT2D eigenvalue weighted by Gasteiger charge is -2.43. The van der Waals surface area contributed by atoms with Gasteiger partial charge in [0.15, 0.2) is 0 Å². The first-order valence-electron chi connectivity index (χ1n) is 5.85. The standard InChI is InChI=1S/C12H17N3O3/c1-7-9(6-16)13-8(2)15-5-11(12(17)18)14(3)4-10(7)15/h6,9,11H,4-5H2,1-3H3,(H,17,18)/t9-,11?/m0/s1. The molecule has 2 aliphatic heterocycles. The number of aliphatic carboxylic acids is 1. The van der Waals surface area contributed by atoms with Crippen molar-refractivity contribution in [1.82, 2.24) is 9.80 Å². The molecule has 18 heavy (non-hydrogen) atoms. The second-order valence-electron chi connectivity index (χ2n) is 4.77. The topological polar surface area (TPSA) is 73.2 Å². The zero-order valence-electron chi connectivity index (χ0n) is 10.8. The summed E-state index contributed by atoms with van der Waals surface area (Å²) in [5.41, 5.74) is 1.91. The summed E-state index contributed by atoms with van der Waals surface area (Å²) >= 11 is 0. The van der Waals surface area contributed by atoms with E-state index in [1.807, 2.05) is 18.7 Å². The number of likely N-dealkylation sites (N-methyl/N-ethyl adjacent to an activating group) is 1. The third kappa shape index (κ3) is 1.92. The van der Waals surface area contributed by atoms with Gasteiger partial charge in [0.05, 0.1) is 6.54 Å². The van der Waals surface area contributed by atoms with Crippen LogP contribution in [-0.2, 0) is 9.59 Å². The number of hydrogen-bond acceptors (Lipinski definition) is 5. The highest BCUT2D eigenvalue weighted by Crippen LogP contribution is 2.26. The minimum absolute atomic E-state index is 0.374. The highest BCUT2D eigenvalue weighted by Gasteiger charge is 2.36. The zero-order chi connectivity index (χ0) is 13.4. The first kappa shape index (κ1) is 12.8. The summed E-state index contributed by atoms with van der Waals surface area (Å²) in [6.07, 6.45) is 0.826. The van der Waals surface area contributed by atoms with E-state index < -0.39 is 18.1 Å². The van der Waals surface area contributed by atoms with Crippen molar-refractivity contribution in [2.75, 3.05) is 20.1 Å². The summed E-state index contributed by atoms with van der Waals surface area (Å²) < 4.78 is 0. The SMILES string of the molecule is CC1=N[C@@H](C=O)C(C)=C2CN(C)C(C(=O)O)CN12. The molecule has 2 aliphatic rings. The van der Waals surface area contributed by atoms with Crippen LogP contribution in [0.1, 0.15) is 13.8 Å². The van der Waals surface area contributed by atoms with E-state index in [-0.39, 0.29) is 0 Å². The average molecular weight is 251 g/mol. The van der Waals surface area contributed by atoms with E-state index in [0.717, 1.165) is 17.6 Å². The van der Waals surface area contributed by atoms with Crippen LogP contribution in [0.15, 0.2) is 16.3 Å². The Morgan fingerprint density at radius 3 is 2.72 bits per heavy atom. The predicted octanol–water partition coefficient (Wildman–Crippen LogP) is -0.0395.